The molecule has 0 aliphatic rings. The minimum absolute atomic E-state index is 0.215. The van der Waals surface area contributed by atoms with Crippen molar-refractivity contribution in [3.63, 3.8) is 0 Å². The second kappa shape index (κ2) is 7.24. The fraction of sp³-hybridized carbons (Fsp3) is 1.00. The predicted molar refractivity (Wildman–Crippen MR) is 67.2 cm³/mol. The molecular formula is C13H29NO. The minimum atomic E-state index is 0.215. The molecule has 0 radical (unpaired) electrons. The molecule has 2 atom stereocenters. The molecule has 0 saturated carbocycles. The van der Waals surface area contributed by atoms with Crippen LogP contribution in [-0.2, 0) is 4.74 Å². The molecule has 0 aromatic rings. The van der Waals surface area contributed by atoms with E-state index in [4.69, 9.17) is 4.74 Å². The van der Waals surface area contributed by atoms with Gasteiger partial charge in [-0.2, -0.15) is 0 Å². The molecule has 0 heterocycles. The van der Waals surface area contributed by atoms with Crippen LogP contribution in [0.3, 0.4) is 0 Å². The van der Waals surface area contributed by atoms with Crippen LogP contribution >= 0.6 is 0 Å². The lowest BCUT2D eigenvalue weighted by Crippen LogP contribution is -2.42. The first-order valence-electron chi connectivity index (χ1n) is 6.21. The summed E-state index contributed by atoms with van der Waals surface area (Å²) in [7, 11) is 1.80. The van der Waals surface area contributed by atoms with E-state index >= 15 is 0 Å². The molecule has 92 valence electrons. The standard InChI is InChI=1S/C13H29NO/c1-7-9-11(8-2)14-10-12(15-6)13(3,4)5/h11-12,14H,7-10H2,1-6H3. The summed E-state index contributed by atoms with van der Waals surface area (Å²) in [4.78, 5) is 0. The van der Waals surface area contributed by atoms with Crippen molar-refractivity contribution in [1.82, 2.24) is 5.32 Å². The van der Waals surface area contributed by atoms with Gasteiger partial charge in [-0.15, -0.1) is 0 Å². The average molecular weight is 215 g/mol. The Kier molecular flexibility index (Phi) is 7.20. The maximum absolute atomic E-state index is 5.53. The van der Waals surface area contributed by atoms with Crippen LogP contribution in [-0.4, -0.2) is 25.8 Å². The largest absolute Gasteiger partial charge is 0.380 e. The summed E-state index contributed by atoms with van der Waals surface area (Å²) in [6.45, 7) is 12.1. The van der Waals surface area contributed by atoms with E-state index in [1.165, 1.54) is 19.3 Å². The normalized spacial score (nSPS) is 16.4. The van der Waals surface area contributed by atoms with Gasteiger partial charge in [0.2, 0.25) is 0 Å². The molecule has 15 heavy (non-hydrogen) atoms. The molecule has 0 amide bonds. The second-order valence-corrected chi connectivity index (χ2v) is 5.39. The monoisotopic (exact) mass is 215 g/mol. The smallest absolute Gasteiger partial charge is 0.0743 e. The van der Waals surface area contributed by atoms with Crippen molar-refractivity contribution in [1.29, 1.82) is 0 Å². The summed E-state index contributed by atoms with van der Waals surface area (Å²) in [5, 5.41) is 3.60. The summed E-state index contributed by atoms with van der Waals surface area (Å²) in [6, 6.07) is 0.648. The van der Waals surface area contributed by atoms with Crippen molar-refractivity contribution in [2.75, 3.05) is 13.7 Å². The van der Waals surface area contributed by atoms with Crippen molar-refractivity contribution in [3.8, 4) is 0 Å². The molecule has 0 aliphatic carbocycles. The fourth-order valence-corrected chi connectivity index (χ4v) is 1.82. The van der Waals surface area contributed by atoms with Crippen LogP contribution in [0.1, 0.15) is 53.9 Å². The maximum Gasteiger partial charge on any atom is 0.0743 e. The highest BCUT2D eigenvalue weighted by Crippen LogP contribution is 2.21. The molecule has 2 unspecified atom stereocenters. The molecule has 0 saturated heterocycles. The van der Waals surface area contributed by atoms with Gasteiger partial charge < -0.3 is 10.1 Å². The topological polar surface area (TPSA) is 21.3 Å². The van der Waals surface area contributed by atoms with Crippen LogP contribution in [0, 0.1) is 5.41 Å². The van der Waals surface area contributed by atoms with Gasteiger partial charge in [0.25, 0.3) is 0 Å². The van der Waals surface area contributed by atoms with Crippen LogP contribution in [0.2, 0.25) is 0 Å². The van der Waals surface area contributed by atoms with Crippen LogP contribution < -0.4 is 5.32 Å². The Hall–Kier alpha value is -0.0800. The van der Waals surface area contributed by atoms with Crippen molar-refractivity contribution in [2.24, 2.45) is 5.41 Å². The fourth-order valence-electron chi connectivity index (χ4n) is 1.82. The Morgan fingerprint density at radius 3 is 2.13 bits per heavy atom. The molecule has 0 aromatic heterocycles. The van der Waals surface area contributed by atoms with E-state index < -0.39 is 0 Å². The van der Waals surface area contributed by atoms with Gasteiger partial charge in [0, 0.05) is 19.7 Å². The Morgan fingerprint density at radius 1 is 1.20 bits per heavy atom. The lowest BCUT2D eigenvalue weighted by molar-refractivity contribution is 0.0154. The molecule has 0 bridgehead atoms. The molecule has 0 rings (SSSR count). The average Bonchev–Trinajstić information content (AvgIpc) is 2.15. The molecule has 0 aromatic carbocycles. The third kappa shape index (κ3) is 6.16. The maximum atomic E-state index is 5.53. The molecule has 2 heteroatoms. The molecule has 0 spiro atoms. The van der Waals surface area contributed by atoms with E-state index in [-0.39, 0.29) is 5.41 Å². The van der Waals surface area contributed by atoms with Gasteiger partial charge in [-0.1, -0.05) is 41.0 Å². The Labute approximate surface area is 95.8 Å². The van der Waals surface area contributed by atoms with Crippen LogP contribution in [0.25, 0.3) is 0 Å². The number of nitrogens with one attached hydrogen (secondary N) is 1. The van der Waals surface area contributed by atoms with Gasteiger partial charge in [-0.3, -0.25) is 0 Å². The van der Waals surface area contributed by atoms with Crippen LogP contribution in [0.15, 0.2) is 0 Å². The number of hydrogen-bond acceptors (Lipinski definition) is 2. The van der Waals surface area contributed by atoms with E-state index in [0.717, 1.165) is 6.54 Å². The van der Waals surface area contributed by atoms with Gasteiger partial charge in [0.1, 0.15) is 0 Å². The van der Waals surface area contributed by atoms with Gasteiger partial charge in [0.05, 0.1) is 6.10 Å². The van der Waals surface area contributed by atoms with E-state index in [1.54, 1.807) is 7.11 Å². The molecule has 0 fully saturated rings. The first kappa shape index (κ1) is 14.9. The third-order valence-electron chi connectivity index (χ3n) is 2.97. The summed E-state index contributed by atoms with van der Waals surface area (Å²) in [6.07, 6.45) is 4.01. The molecule has 1 N–H and O–H groups in total. The minimum Gasteiger partial charge on any atom is -0.380 e. The summed E-state index contributed by atoms with van der Waals surface area (Å²) >= 11 is 0. The number of ether oxygens (including phenoxy) is 1. The summed E-state index contributed by atoms with van der Waals surface area (Å²) < 4.78 is 5.53. The van der Waals surface area contributed by atoms with Gasteiger partial charge in [0.15, 0.2) is 0 Å². The summed E-state index contributed by atoms with van der Waals surface area (Å²) in [5.41, 5.74) is 0.215. The van der Waals surface area contributed by atoms with Crippen molar-refractivity contribution >= 4 is 0 Å². The predicted octanol–water partition coefficient (Wildman–Crippen LogP) is 3.22. The van der Waals surface area contributed by atoms with E-state index in [9.17, 15) is 0 Å². The van der Waals surface area contributed by atoms with Crippen LogP contribution in [0.5, 0.6) is 0 Å². The molecule has 2 nitrogen and oxygen atoms in total. The zero-order valence-electron chi connectivity index (χ0n) is 11.4. The highest BCUT2D eigenvalue weighted by atomic mass is 16.5. The van der Waals surface area contributed by atoms with E-state index in [1.807, 2.05) is 0 Å². The van der Waals surface area contributed by atoms with Crippen molar-refractivity contribution in [2.45, 2.75) is 66.0 Å². The first-order chi connectivity index (χ1) is 6.95. The number of hydrogen-bond donors (Lipinski definition) is 1. The van der Waals surface area contributed by atoms with Gasteiger partial charge >= 0.3 is 0 Å². The first-order valence-corrected chi connectivity index (χ1v) is 6.21. The number of methoxy groups -OCH3 is 1. The van der Waals surface area contributed by atoms with E-state index in [2.05, 4.69) is 39.9 Å². The highest BCUT2D eigenvalue weighted by Gasteiger charge is 2.24. The SMILES string of the molecule is CCCC(CC)NCC(OC)C(C)(C)C. The Bertz CT molecular complexity index is 151. The Balaban J connectivity index is 3.98. The van der Waals surface area contributed by atoms with E-state index in [0.29, 0.717) is 12.1 Å². The second-order valence-electron chi connectivity index (χ2n) is 5.39. The van der Waals surface area contributed by atoms with Crippen molar-refractivity contribution in [3.05, 3.63) is 0 Å². The van der Waals surface area contributed by atoms with Gasteiger partial charge in [-0.25, -0.2) is 0 Å². The summed E-state index contributed by atoms with van der Waals surface area (Å²) in [5.74, 6) is 0. The lowest BCUT2D eigenvalue weighted by atomic mass is 9.88. The number of rotatable bonds is 7. The quantitative estimate of drug-likeness (QED) is 0.704. The zero-order valence-corrected chi connectivity index (χ0v) is 11.4. The molecular weight excluding hydrogens is 186 g/mol. The third-order valence-corrected chi connectivity index (χ3v) is 2.97. The highest BCUT2D eigenvalue weighted by molar-refractivity contribution is 4.78. The Morgan fingerprint density at radius 2 is 1.80 bits per heavy atom. The van der Waals surface area contributed by atoms with Gasteiger partial charge in [-0.05, 0) is 18.3 Å². The zero-order chi connectivity index (χ0) is 11.9. The van der Waals surface area contributed by atoms with Crippen LogP contribution in [0.4, 0.5) is 0 Å². The molecule has 0 aliphatic heterocycles. The van der Waals surface area contributed by atoms with Crippen molar-refractivity contribution < 1.29 is 4.74 Å². The lowest BCUT2D eigenvalue weighted by Gasteiger charge is -2.31.